The summed E-state index contributed by atoms with van der Waals surface area (Å²) in [6.07, 6.45) is 1.34. The third-order valence-electron chi connectivity index (χ3n) is 6.41. The molecule has 3 aromatic carbocycles. The van der Waals surface area contributed by atoms with Crippen LogP contribution in [0.1, 0.15) is 24.0 Å². The molecule has 0 radical (unpaired) electrons. The summed E-state index contributed by atoms with van der Waals surface area (Å²) in [5, 5.41) is 0.568. The van der Waals surface area contributed by atoms with Gasteiger partial charge in [-0.3, -0.25) is 4.79 Å². The maximum atomic E-state index is 13.2. The number of carbonyl (C=O) groups is 1. The number of halogens is 1. The number of sulfonamides is 1. The molecule has 0 amide bonds. The Hall–Kier alpha value is -3.07. The molecule has 9 heteroatoms. The fourth-order valence-corrected chi connectivity index (χ4v) is 6.14. The van der Waals surface area contributed by atoms with Gasteiger partial charge in [-0.2, -0.15) is 4.31 Å². The second-order valence-electron chi connectivity index (χ2n) is 8.82. The summed E-state index contributed by atoms with van der Waals surface area (Å²) in [5.41, 5.74) is 1.90. The predicted octanol–water partition coefficient (Wildman–Crippen LogP) is 4.71. The largest absolute Gasteiger partial charge is 0.486 e. The van der Waals surface area contributed by atoms with E-state index in [4.69, 9.17) is 25.8 Å². The van der Waals surface area contributed by atoms with Gasteiger partial charge in [0.15, 0.2) is 11.5 Å². The molecule has 0 saturated carbocycles. The number of fused-ring (bicyclic) bond motifs is 1. The topological polar surface area (TPSA) is 82.1 Å². The molecule has 0 unspecified atom stereocenters. The molecule has 5 rings (SSSR count). The molecule has 3 aromatic rings. The van der Waals surface area contributed by atoms with Gasteiger partial charge >= 0.3 is 5.97 Å². The lowest BCUT2D eigenvalue weighted by atomic mass is 9.98. The quantitative estimate of drug-likeness (QED) is 0.341. The summed E-state index contributed by atoms with van der Waals surface area (Å²) < 4.78 is 44.6. The van der Waals surface area contributed by atoms with Crippen LogP contribution in [0.2, 0.25) is 5.02 Å². The van der Waals surface area contributed by atoms with E-state index in [1.807, 2.05) is 30.3 Å². The van der Waals surface area contributed by atoms with Crippen LogP contribution in [0.4, 0.5) is 0 Å². The third kappa shape index (κ3) is 5.36. The van der Waals surface area contributed by atoms with Crippen LogP contribution in [-0.2, 0) is 21.2 Å². The number of carbonyl (C=O) groups excluding carboxylic acids is 1. The molecule has 1 saturated heterocycles. The molecule has 36 heavy (non-hydrogen) atoms. The number of ether oxygens (including phenoxy) is 3. The lowest BCUT2D eigenvalue weighted by molar-refractivity contribution is -0.140. The molecule has 1 fully saturated rings. The van der Waals surface area contributed by atoms with Gasteiger partial charge in [0.2, 0.25) is 10.0 Å². The molecule has 0 atom stereocenters. The van der Waals surface area contributed by atoms with Crippen molar-refractivity contribution in [3.8, 4) is 17.2 Å². The zero-order valence-electron chi connectivity index (χ0n) is 19.6. The van der Waals surface area contributed by atoms with Crippen LogP contribution in [-0.4, -0.2) is 45.0 Å². The molecule has 0 aromatic heterocycles. The van der Waals surface area contributed by atoms with Crippen molar-refractivity contribution in [2.75, 3.05) is 26.3 Å². The average Bonchev–Trinajstić information content (AvgIpc) is 2.90. The fraction of sp³-hybridized carbons (Fsp3) is 0.296. The predicted molar refractivity (Wildman–Crippen MR) is 135 cm³/mol. The maximum Gasteiger partial charge on any atom is 0.314 e. The maximum absolute atomic E-state index is 13.2. The first-order valence-electron chi connectivity index (χ1n) is 11.8. The standard InChI is InChI=1S/C27H26ClNO6S/c28-22-6-8-24(21(17-22)16-19-4-2-1-3-5-19)35-27(30)20-10-12-29(13-11-20)36(31,32)23-7-9-25-26(18-23)34-15-14-33-25/h1-9,17-18,20H,10-16H2. The number of benzene rings is 3. The van der Waals surface area contributed by atoms with Crippen LogP contribution in [0.15, 0.2) is 71.6 Å². The Balaban J connectivity index is 1.24. The molecule has 0 bridgehead atoms. The summed E-state index contributed by atoms with van der Waals surface area (Å²) in [6.45, 7) is 1.28. The first-order chi connectivity index (χ1) is 17.4. The van der Waals surface area contributed by atoms with Crippen molar-refractivity contribution in [2.45, 2.75) is 24.2 Å². The summed E-state index contributed by atoms with van der Waals surface area (Å²) in [5.74, 6) is 0.685. The second-order valence-corrected chi connectivity index (χ2v) is 11.2. The van der Waals surface area contributed by atoms with Gasteiger partial charge in [0.1, 0.15) is 19.0 Å². The molecule has 7 nitrogen and oxygen atoms in total. The van der Waals surface area contributed by atoms with Gasteiger partial charge in [-0.05, 0) is 48.7 Å². The van der Waals surface area contributed by atoms with Gasteiger partial charge in [0.25, 0.3) is 0 Å². The van der Waals surface area contributed by atoms with E-state index < -0.39 is 15.9 Å². The van der Waals surface area contributed by atoms with E-state index >= 15 is 0 Å². The zero-order valence-corrected chi connectivity index (χ0v) is 21.1. The van der Waals surface area contributed by atoms with E-state index in [0.717, 1.165) is 11.1 Å². The SMILES string of the molecule is O=C(Oc1ccc(Cl)cc1Cc1ccccc1)C1CCN(S(=O)(=O)c2ccc3c(c2)OCCO3)CC1. The first kappa shape index (κ1) is 24.6. The number of esters is 1. The van der Waals surface area contributed by atoms with Gasteiger partial charge in [-0.25, -0.2) is 8.42 Å². The summed E-state index contributed by atoms with van der Waals surface area (Å²) in [6, 6.07) is 19.7. The van der Waals surface area contributed by atoms with Crippen LogP contribution in [0.5, 0.6) is 17.2 Å². The minimum absolute atomic E-state index is 0.152. The van der Waals surface area contributed by atoms with Gasteiger partial charge in [0, 0.05) is 36.2 Å². The highest BCUT2D eigenvalue weighted by molar-refractivity contribution is 7.89. The molecule has 188 valence electrons. The van der Waals surface area contributed by atoms with E-state index in [0.29, 0.717) is 54.7 Å². The minimum atomic E-state index is -3.72. The molecular formula is C27H26ClNO6S. The molecule has 0 spiro atoms. The van der Waals surface area contributed by atoms with E-state index in [1.54, 1.807) is 24.3 Å². The van der Waals surface area contributed by atoms with Crippen molar-refractivity contribution in [3.05, 3.63) is 82.9 Å². The van der Waals surface area contributed by atoms with E-state index in [9.17, 15) is 13.2 Å². The van der Waals surface area contributed by atoms with Crippen molar-refractivity contribution in [1.82, 2.24) is 4.31 Å². The Morgan fingerprint density at radius 3 is 2.42 bits per heavy atom. The number of nitrogens with zero attached hydrogens (tertiary/aromatic N) is 1. The van der Waals surface area contributed by atoms with Crippen molar-refractivity contribution in [3.63, 3.8) is 0 Å². The zero-order chi connectivity index (χ0) is 25.1. The van der Waals surface area contributed by atoms with E-state index in [2.05, 4.69) is 0 Å². The van der Waals surface area contributed by atoms with E-state index in [1.165, 1.54) is 16.4 Å². The molecule has 0 N–H and O–H groups in total. The molecule has 2 aliphatic rings. The van der Waals surface area contributed by atoms with Crippen molar-refractivity contribution < 1.29 is 27.4 Å². The molecule has 2 aliphatic heterocycles. The third-order valence-corrected chi connectivity index (χ3v) is 8.54. The Morgan fingerprint density at radius 1 is 0.944 bits per heavy atom. The van der Waals surface area contributed by atoms with Crippen molar-refractivity contribution in [2.24, 2.45) is 5.92 Å². The Kier molecular flexibility index (Phi) is 7.18. The summed E-state index contributed by atoms with van der Waals surface area (Å²) in [7, 11) is -3.72. The Labute approximate surface area is 215 Å². The van der Waals surface area contributed by atoms with Gasteiger partial charge in [-0.1, -0.05) is 41.9 Å². The van der Waals surface area contributed by atoms with Gasteiger partial charge in [0.05, 0.1) is 10.8 Å². The first-order valence-corrected chi connectivity index (χ1v) is 13.7. The smallest absolute Gasteiger partial charge is 0.314 e. The van der Waals surface area contributed by atoms with Crippen LogP contribution < -0.4 is 14.2 Å². The molecule has 0 aliphatic carbocycles. The number of rotatable bonds is 6. The highest BCUT2D eigenvalue weighted by Gasteiger charge is 2.34. The van der Waals surface area contributed by atoms with Crippen molar-refractivity contribution >= 4 is 27.6 Å². The summed E-state index contributed by atoms with van der Waals surface area (Å²) in [4.78, 5) is 13.1. The van der Waals surface area contributed by atoms with Crippen LogP contribution >= 0.6 is 11.6 Å². The second kappa shape index (κ2) is 10.5. The lowest BCUT2D eigenvalue weighted by Crippen LogP contribution is -2.41. The lowest BCUT2D eigenvalue weighted by Gasteiger charge is -2.30. The number of piperidine rings is 1. The average molecular weight is 528 g/mol. The Morgan fingerprint density at radius 2 is 1.67 bits per heavy atom. The minimum Gasteiger partial charge on any atom is -0.486 e. The molecular weight excluding hydrogens is 502 g/mol. The fourth-order valence-electron chi connectivity index (χ4n) is 4.46. The normalized spacial score (nSPS) is 16.5. The highest BCUT2D eigenvalue weighted by Crippen LogP contribution is 2.34. The van der Waals surface area contributed by atoms with E-state index in [-0.39, 0.29) is 24.0 Å². The van der Waals surface area contributed by atoms with Gasteiger partial charge < -0.3 is 14.2 Å². The highest BCUT2D eigenvalue weighted by atomic mass is 35.5. The number of hydrogen-bond acceptors (Lipinski definition) is 6. The van der Waals surface area contributed by atoms with Crippen molar-refractivity contribution in [1.29, 1.82) is 0 Å². The Bertz CT molecular complexity index is 1350. The number of hydrogen-bond donors (Lipinski definition) is 0. The van der Waals surface area contributed by atoms with Gasteiger partial charge in [-0.15, -0.1) is 0 Å². The summed E-state index contributed by atoms with van der Waals surface area (Å²) >= 11 is 6.20. The molecule has 2 heterocycles. The monoisotopic (exact) mass is 527 g/mol. The van der Waals surface area contributed by atoms with Crippen LogP contribution in [0.3, 0.4) is 0 Å². The van der Waals surface area contributed by atoms with Crippen LogP contribution in [0, 0.1) is 5.92 Å². The van der Waals surface area contributed by atoms with Crippen LogP contribution in [0.25, 0.3) is 0 Å².